The first-order chi connectivity index (χ1) is 10.7. The lowest BCUT2D eigenvalue weighted by molar-refractivity contribution is -0.172. The average molecular weight is 306 g/mol. The van der Waals surface area contributed by atoms with Gasteiger partial charge in [-0.3, -0.25) is 4.79 Å². The summed E-state index contributed by atoms with van der Waals surface area (Å²) in [6.07, 6.45) is 3.79. The maximum Gasteiger partial charge on any atom is 0.221 e. The van der Waals surface area contributed by atoms with E-state index in [-0.39, 0.29) is 23.9 Å². The molecule has 1 aromatic carbocycles. The van der Waals surface area contributed by atoms with Crippen LogP contribution in [0.15, 0.2) is 24.3 Å². The smallest absolute Gasteiger partial charge is 0.221 e. The molecule has 0 aliphatic carbocycles. The monoisotopic (exact) mass is 306 g/mol. The molecule has 1 aromatic rings. The molecular weight excluding hydrogens is 283 g/mol. The summed E-state index contributed by atoms with van der Waals surface area (Å²) < 4.78 is 19.1. The van der Waals surface area contributed by atoms with E-state index in [2.05, 4.69) is 10.2 Å². The number of hydrogen-bond acceptors (Lipinski definition) is 3. The summed E-state index contributed by atoms with van der Waals surface area (Å²) in [5.41, 5.74) is 0.682. The molecule has 0 unspecified atom stereocenters. The molecule has 2 fully saturated rings. The summed E-state index contributed by atoms with van der Waals surface area (Å²) in [6, 6.07) is 6.53. The molecule has 1 spiro atoms. The van der Waals surface area contributed by atoms with Gasteiger partial charge in [-0.15, -0.1) is 0 Å². The number of hydrogen-bond donors (Lipinski definition) is 1. The quantitative estimate of drug-likeness (QED) is 0.905. The Bertz CT molecular complexity index is 521. The molecule has 1 amide bonds. The largest absolute Gasteiger partial charge is 0.375 e. The van der Waals surface area contributed by atoms with Gasteiger partial charge in [0.25, 0.3) is 0 Å². The van der Waals surface area contributed by atoms with Crippen molar-refractivity contribution in [3.05, 3.63) is 35.6 Å². The molecule has 120 valence electrons. The van der Waals surface area contributed by atoms with Crippen LogP contribution in [0.2, 0.25) is 0 Å². The SMILES string of the molecule is O=C(CCN1CCC2(CCO2)CC1)NCc1ccccc1F. The molecule has 0 atom stereocenters. The molecule has 2 aliphatic heterocycles. The molecule has 3 rings (SSSR count). The number of piperidine rings is 1. The molecule has 1 N–H and O–H groups in total. The summed E-state index contributed by atoms with van der Waals surface area (Å²) in [5.74, 6) is -0.298. The number of halogens is 1. The van der Waals surface area contributed by atoms with E-state index >= 15 is 0 Å². The number of carbonyl (C=O) groups is 1. The van der Waals surface area contributed by atoms with E-state index < -0.39 is 0 Å². The van der Waals surface area contributed by atoms with E-state index in [0.717, 1.165) is 39.1 Å². The topological polar surface area (TPSA) is 41.6 Å². The molecule has 0 bridgehead atoms. The fraction of sp³-hybridized carbons (Fsp3) is 0.588. The number of likely N-dealkylation sites (tertiary alicyclic amines) is 1. The summed E-state index contributed by atoms with van der Waals surface area (Å²) in [5, 5.41) is 2.79. The highest BCUT2D eigenvalue weighted by molar-refractivity contribution is 5.76. The van der Waals surface area contributed by atoms with Crippen LogP contribution in [0.5, 0.6) is 0 Å². The van der Waals surface area contributed by atoms with Crippen molar-refractivity contribution in [2.24, 2.45) is 0 Å². The molecule has 5 heteroatoms. The number of nitrogens with one attached hydrogen (secondary N) is 1. The second kappa shape index (κ2) is 6.75. The third kappa shape index (κ3) is 3.65. The van der Waals surface area contributed by atoms with E-state index in [9.17, 15) is 9.18 Å². The Balaban J connectivity index is 1.35. The van der Waals surface area contributed by atoms with Crippen molar-refractivity contribution < 1.29 is 13.9 Å². The minimum absolute atomic E-state index is 0.0246. The number of nitrogens with zero attached hydrogens (tertiary/aromatic N) is 1. The van der Waals surface area contributed by atoms with E-state index in [1.807, 2.05) is 0 Å². The van der Waals surface area contributed by atoms with Crippen LogP contribution in [0.1, 0.15) is 31.2 Å². The van der Waals surface area contributed by atoms with Crippen molar-refractivity contribution in [2.75, 3.05) is 26.2 Å². The normalized spacial score (nSPS) is 20.6. The second-order valence-corrected chi connectivity index (χ2v) is 6.24. The van der Waals surface area contributed by atoms with Gasteiger partial charge in [0.1, 0.15) is 5.82 Å². The van der Waals surface area contributed by atoms with Crippen LogP contribution >= 0.6 is 0 Å². The van der Waals surface area contributed by atoms with E-state index in [4.69, 9.17) is 4.74 Å². The zero-order chi connectivity index (χ0) is 15.4. The van der Waals surface area contributed by atoms with Gasteiger partial charge in [-0.25, -0.2) is 4.39 Å². The molecule has 2 saturated heterocycles. The first-order valence-electron chi connectivity index (χ1n) is 8.03. The molecule has 2 aliphatic rings. The predicted octanol–water partition coefficient (Wildman–Crippen LogP) is 2.09. The Kier molecular flexibility index (Phi) is 4.74. The van der Waals surface area contributed by atoms with Gasteiger partial charge in [-0.2, -0.15) is 0 Å². The number of benzene rings is 1. The van der Waals surface area contributed by atoms with E-state index in [1.54, 1.807) is 18.2 Å². The van der Waals surface area contributed by atoms with Gasteiger partial charge in [-0.1, -0.05) is 18.2 Å². The lowest BCUT2D eigenvalue weighted by Crippen LogP contribution is -2.52. The fourth-order valence-electron chi connectivity index (χ4n) is 3.15. The van der Waals surface area contributed by atoms with E-state index in [0.29, 0.717) is 12.0 Å². The Morgan fingerprint density at radius 2 is 2.00 bits per heavy atom. The molecule has 2 heterocycles. The van der Waals surface area contributed by atoms with Gasteiger partial charge in [0, 0.05) is 38.2 Å². The highest BCUT2D eigenvalue weighted by Gasteiger charge is 2.40. The summed E-state index contributed by atoms with van der Waals surface area (Å²) in [6.45, 7) is 3.92. The van der Waals surface area contributed by atoms with Crippen molar-refractivity contribution in [2.45, 2.75) is 37.8 Å². The zero-order valence-electron chi connectivity index (χ0n) is 12.8. The third-order valence-electron chi connectivity index (χ3n) is 4.82. The van der Waals surface area contributed by atoms with Crippen LogP contribution in [0.25, 0.3) is 0 Å². The molecule has 4 nitrogen and oxygen atoms in total. The minimum atomic E-state index is -0.273. The van der Waals surface area contributed by atoms with Gasteiger partial charge in [-0.05, 0) is 25.3 Å². The van der Waals surface area contributed by atoms with Crippen molar-refractivity contribution in [1.82, 2.24) is 10.2 Å². The molecule has 22 heavy (non-hydrogen) atoms. The maximum atomic E-state index is 13.5. The Labute approximate surface area is 130 Å². The number of ether oxygens (including phenoxy) is 1. The van der Waals surface area contributed by atoms with Crippen molar-refractivity contribution >= 4 is 5.91 Å². The molecule has 0 aromatic heterocycles. The first kappa shape index (κ1) is 15.4. The highest BCUT2D eigenvalue weighted by Crippen LogP contribution is 2.36. The van der Waals surface area contributed by atoms with Gasteiger partial charge in [0.05, 0.1) is 12.2 Å². The Hall–Kier alpha value is -1.46. The Morgan fingerprint density at radius 1 is 1.27 bits per heavy atom. The zero-order valence-corrected chi connectivity index (χ0v) is 12.8. The fourth-order valence-corrected chi connectivity index (χ4v) is 3.15. The van der Waals surface area contributed by atoms with E-state index in [1.165, 1.54) is 12.5 Å². The standard InChI is InChI=1S/C17H23FN2O2/c18-15-4-2-1-3-14(15)13-19-16(21)5-9-20-10-6-17(7-11-20)8-12-22-17/h1-4H,5-13H2,(H,19,21). The summed E-state index contributed by atoms with van der Waals surface area (Å²) >= 11 is 0. The molecule has 0 saturated carbocycles. The van der Waals surface area contributed by atoms with Gasteiger partial charge >= 0.3 is 0 Å². The van der Waals surface area contributed by atoms with Gasteiger partial charge in [0.2, 0.25) is 5.91 Å². The summed E-state index contributed by atoms with van der Waals surface area (Å²) in [4.78, 5) is 14.2. The lowest BCUT2D eigenvalue weighted by Gasteiger charge is -2.47. The van der Waals surface area contributed by atoms with Crippen LogP contribution in [0.3, 0.4) is 0 Å². The molecule has 0 radical (unpaired) electrons. The maximum absolute atomic E-state index is 13.5. The average Bonchev–Trinajstić information content (AvgIpc) is 2.51. The van der Waals surface area contributed by atoms with Crippen LogP contribution in [0.4, 0.5) is 4.39 Å². The lowest BCUT2D eigenvalue weighted by atomic mass is 9.84. The van der Waals surface area contributed by atoms with Crippen LogP contribution in [0, 0.1) is 5.82 Å². The van der Waals surface area contributed by atoms with Crippen molar-refractivity contribution in [3.63, 3.8) is 0 Å². The van der Waals surface area contributed by atoms with Crippen LogP contribution in [-0.4, -0.2) is 42.6 Å². The van der Waals surface area contributed by atoms with Crippen molar-refractivity contribution in [3.8, 4) is 0 Å². The Morgan fingerprint density at radius 3 is 2.64 bits per heavy atom. The minimum Gasteiger partial charge on any atom is -0.375 e. The number of rotatable bonds is 5. The number of amides is 1. The molecular formula is C17H23FN2O2. The predicted molar refractivity (Wildman–Crippen MR) is 81.8 cm³/mol. The first-order valence-corrected chi connectivity index (χ1v) is 8.03. The van der Waals surface area contributed by atoms with Gasteiger partial charge in [0.15, 0.2) is 0 Å². The van der Waals surface area contributed by atoms with Gasteiger partial charge < -0.3 is 15.0 Å². The van der Waals surface area contributed by atoms with Crippen molar-refractivity contribution in [1.29, 1.82) is 0 Å². The highest BCUT2D eigenvalue weighted by atomic mass is 19.1. The van der Waals surface area contributed by atoms with Crippen LogP contribution < -0.4 is 5.32 Å². The number of carbonyl (C=O) groups excluding carboxylic acids is 1. The third-order valence-corrected chi connectivity index (χ3v) is 4.82. The van der Waals surface area contributed by atoms with Crippen LogP contribution in [-0.2, 0) is 16.1 Å². The second-order valence-electron chi connectivity index (χ2n) is 6.24. The summed E-state index contributed by atoms with van der Waals surface area (Å²) in [7, 11) is 0.